The van der Waals surface area contributed by atoms with Gasteiger partial charge in [-0.25, -0.2) is 9.59 Å². The van der Waals surface area contributed by atoms with Crippen LogP contribution < -0.4 is 28.3 Å². The molecule has 0 aromatic carbocycles. The molecule has 0 saturated carbocycles. The zero-order chi connectivity index (χ0) is 23.0. The Balaban J connectivity index is 2.06. The zero-order valence-corrected chi connectivity index (χ0v) is 17.1. The number of carboxylic acids is 1. The summed E-state index contributed by atoms with van der Waals surface area (Å²) in [7, 11) is 0. The summed E-state index contributed by atoms with van der Waals surface area (Å²) in [5.74, 6) is -1.38. The van der Waals surface area contributed by atoms with Gasteiger partial charge < -0.3 is 42.8 Å². The van der Waals surface area contributed by atoms with Crippen LogP contribution in [0, 0.1) is 0 Å². The minimum Gasteiger partial charge on any atom is -0.480 e. The molecule has 0 aliphatic carbocycles. The molecule has 0 unspecified atom stereocenters. The number of urea groups is 1. The second-order valence-electron chi connectivity index (χ2n) is 7.24. The first-order valence-corrected chi connectivity index (χ1v) is 9.91. The molecule has 0 radical (unpaired) electrons. The highest BCUT2D eigenvalue weighted by molar-refractivity contribution is 5.83. The van der Waals surface area contributed by atoms with E-state index in [1.807, 2.05) is 0 Å². The molecular formula is C17H29N9O5. The van der Waals surface area contributed by atoms with E-state index in [0.717, 1.165) is 0 Å². The van der Waals surface area contributed by atoms with Crippen molar-refractivity contribution in [1.29, 1.82) is 0 Å². The third kappa shape index (κ3) is 7.09. The first-order chi connectivity index (χ1) is 14.7. The lowest BCUT2D eigenvalue weighted by Crippen LogP contribution is -2.47. The van der Waals surface area contributed by atoms with Gasteiger partial charge in [0.15, 0.2) is 11.8 Å². The van der Waals surface area contributed by atoms with Crippen LogP contribution in [-0.4, -0.2) is 63.1 Å². The normalized spacial score (nSPS) is 17.7. The van der Waals surface area contributed by atoms with Crippen LogP contribution in [0.2, 0.25) is 0 Å². The Morgan fingerprint density at radius 3 is 2.68 bits per heavy atom. The number of carbonyl (C=O) groups excluding carboxylic acids is 2. The van der Waals surface area contributed by atoms with E-state index in [9.17, 15) is 19.5 Å². The van der Waals surface area contributed by atoms with Crippen molar-refractivity contribution in [2.45, 2.75) is 56.7 Å². The number of nitrogens with one attached hydrogen (secondary N) is 1. The Labute approximate surface area is 178 Å². The average Bonchev–Trinajstić information content (AvgIpc) is 3.37. The summed E-state index contributed by atoms with van der Waals surface area (Å²) < 4.78 is 5.25. The Morgan fingerprint density at radius 1 is 1.29 bits per heavy atom. The van der Waals surface area contributed by atoms with Crippen LogP contribution in [0.4, 0.5) is 4.79 Å². The van der Waals surface area contributed by atoms with Crippen molar-refractivity contribution in [3.8, 4) is 0 Å². The number of nitrogens with two attached hydrogens (primary N) is 4. The predicted molar refractivity (Wildman–Crippen MR) is 108 cm³/mol. The molecule has 2 heterocycles. The SMILES string of the molecule is NC(=O)CC[C@H](NC(=O)N1CCC[C@@H]1C(=O)O)c1nc([C@@H](N)CCCN=C(N)N)no1. The zero-order valence-electron chi connectivity index (χ0n) is 17.1. The maximum Gasteiger partial charge on any atom is 0.326 e. The first kappa shape index (κ1) is 23.9. The van der Waals surface area contributed by atoms with Gasteiger partial charge in [0.2, 0.25) is 11.8 Å². The molecule has 172 valence electrons. The fraction of sp³-hybridized carbons (Fsp3) is 0.647. The van der Waals surface area contributed by atoms with Gasteiger partial charge in [-0.3, -0.25) is 9.79 Å². The molecule has 1 saturated heterocycles. The lowest BCUT2D eigenvalue weighted by atomic mass is 10.1. The summed E-state index contributed by atoms with van der Waals surface area (Å²) in [5, 5.41) is 15.8. The second kappa shape index (κ2) is 11.1. The summed E-state index contributed by atoms with van der Waals surface area (Å²) in [5.41, 5.74) is 21.8. The number of likely N-dealkylation sites (tertiary alicyclic amines) is 1. The molecule has 2 rings (SSSR count). The summed E-state index contributed by atoms with van der Waals surface area (Å²) >= 11 is 0. The number of aromatic nitrogens is 2. The average molecular weight is 439 g/mol. The van der Waals surface area contributed by atoms with Gasteiger partial charge in [-0.05, 0) is 32.1 Å². The molecule has 3 atom stereocenters. The maximum atomic E-state index is 12.6. The Morgan fingerprint density at radius 2 is 2.03 bits per heavy atom. The largest absolute Gasteiger partial charge is 0.480 e. The maximum absolute atomic E-state index is 12.6. The molecule has 1 fully saturated rings. The molecule has 1 aromatic rings. The van der Waals surface area contributed by atoms with Crippen molar-refractivity contribution in [2.75, 3.05) is 13.1 Å². The fourth-order valence-corrected chi connectivity index (χ4v) is 3.23. The standard InChI is InChI=1S/C17H29N9O5/c18-9(3-1-7-22-16(20)21)13-24-14(31-25-13)10(5-6-12(19)27)23-17(30)26-8-2-4-11(26)15(28)29/h9-11H,1-8,18H2,(H2,19,27)(H,23,30)(H,28,29)(H4,20,21,22)/t9-,10-,11+/m0/s1. The number of carbonyl (C=O) groups is 3. The van der Waals surface area contributed by atoms with Gasteiger partial charge in [0.05, 0.1) is 6.04 Å². The quantitative estimate of drug-likeness (QED) is 0.135. The molecule has 0 bridgehead atoms. The smallest absolute Gasteiger partial charge is 0.326 e. The summed E-state index contributed by atoms with van der Waals surface area (Å²) in [6.07, 6.45) is 2.09. The van der Waals surface area contributed by atoms with Gasteiger partial charge in [0, 0.05) is 19.5 Å². The van der Waals surface area contributed by atoms with Crippen LogP contribution >= 0.6 is 0 Å². The molecule has 3 amide bonds. The highest BCUT2D eigenvalue weighted by Gasteiger charge is 2.35. The highest BCUT2D eigenvalue weighted by Crippen LogP contribution is 2.23. The number of aliphatic carboxylic acids is 1. The van der Waals surface area contributed by atoms with E-state index in [1.165, 1.54) is 4.90 Å². The molecule has 1 aromatic heterocycles. The van der Waals surface area contributed by atoms with Crippen molar-refractivity contribution in [3.05, 3.63) is 11.7 Å². The van der Waals surface area contributed by atoms with Gasteiger partial charge in [0.25, 0.3) is 0 Å². The molecule has 0 spiro atoms. The highest BCUT2D eigenvalue weighted by atomic mass is 16.5. The number of hydrogen-bond donors (Lipinski definition) is 6. The number of rotatable bonds is 11. The Bertz CT molecular complexity index is 808. The summed E-state index contributed by atoms with van der Waals surface area (Å²) in [4.78, 5) is 44.6. The van der Waals surface area contributed by atoms with Gasteiger partial charge in [-0.15, -0.1) is 0 Å². The van der Waals surface area contributed by atoms with Gasteiger partial charge in [-0.1, -0.05) is 5.16 Å². The third-order valence-electron chi connectivity index (χ3n) is 4.83. The third-order valence-corrected chi connectivity index (χ3v) is 4.83. The molecule has 31 heavy (non-hydrogen) atoms. The number of hydrogen-bond acceptors (Lipinski definition) is 8. The van der Waals surface area contributed by atoms with Crippen molar-refractivity contribution in [2.24, 2.45) is 27.9 Å². The van der Waals surface area contributed by atoms with E-state index in [2.05, 4.69) is 20.4 Å². The molecule has 14 heteroatoms. The van der Waals surface area contributed by atoms with Crippen LogP contribution in [0.3, 0.4) is 0 Å². The van der Waals surface area contributed by atoms with Crippen LogP contribution in [0.25, 0.3) is 0 Å². The van der Waals surface area contributed by atoms with E-state index in [0.29, 0.717) is 38.8 Å². The van der Waals surface area contributed by atoms with Gasteiger partial charge in [0.1, 0.15) is 12.1 Å². The number of aliphatic imine (C=N–C) groups is 1. The Kier molecular flexibility index (Phi) is 8.54. The van der Waals surface area contributed by atoms with Crippen LogP contribution in [0.5, 0.6) is 0 Å². The summed E-state index contributed by atoms with van der Waals surface area (Å²) in [6.45, 7) is 0.708. The lowest BCUT2D eigenvalue weighted by molar-refractivity contribution is -0.141. The minimum absolute atomic E-state index is 0.00778. The van der Waals surface area contributed by atoms with Gasteiger partial charge in [-0.2, -0.15) is 4.98 Å². The van der Waals surface area contributed by atoms with E-state index >= 15 is 0 Å². The van der Waals surface area contributed by atoms with E-state index in [-0.39, 0.29) is 30.5 Å². The van der Waals surface area contributed by atoms with Crippen molar-refractivity contribution in [1.82, 2.24) is 20.4 Å². The minimum atomic E-state index is -1.08. The summed E-state index contributed by atoms with van der Waals surface area (Å²) in [6, 6.07) is -2.88. The van der Waals surface area contributed by atoms with Crippen molar-refractivity contribution >= 4 is 23.9 Å². The van der Waals surface area contributed by atoms with Crippen molar-refractivity contribution in [3.63, 3.8) is 0 Å². The molecule has 1 aliphatic rings. The lowest BCUT2D eigenvalue weighted by Gasteiger charge is -2.24. The number of carboxylic acid groups (broad SMARTS) is 1. The van der Waals surface area contributed by atoms with Crippen LogP contribution in [0.15, 0.2) is 9.52 Å². The second-order valence-corrected chi connectivity index (χ2v) is 7.24. The molecular weight excluding hydrogens is 410 g/mol. The van der Waals surface area contributed by atoms with Crippen molar-refractivity contribution < 1.29 is 24.0 Å². The number of guanidine groups is 1. The van der Waals surface area contributed by atoms with Crippen LogP contribution in [-0.2, 0) is 9.59 Å². The van der Waals surface area contributed by atoms with E-state index in [4.69, 9.17) is 27.5 Å². The fourth-order valence-electron chi connectivity index (χ4n) is 3.23. The number of nitrogens with zero attached hydrogens (tertiary/aromatic N) is 4. The Hall–Kier alpha value is -3.42. The monoisotopic (exact) mass is 439 g/mol. The molecule has 10 N–H and O–H groups in total. The van der Waals surface area contributed by atoms with Gasteiger partial charge >= 0.3 is 12.0 Å². The van der Waals surface area contributed by atoms with E-state index in [1.54, 1.807) is 0 Å². The molecule has 14 nitrogen and oxygen atoms in total. The molecule has 1 aliphatic heterocycles. The number of primary amides is 1. The van der Waals surface area contributed by atoms with E-state index < -0.39 is 36.0 Å². The number of amides is 3. The predicted octanol–water partition coefficient (Wildman–Crippen LogP) is -1.31. The first-order valence-electron chi connectivity index (χ1n) is 9.91. The topological polar surface area (TPSA) is 242 Å². The van der Waals surface area contributed by atoms with Crippen LogP contribution in [0.1, 0.15) is 62.3 Å².